The zero-order chi connectivity index (χ0) is 8.97. The van der Waals surface area contributed by atoms with E-state index in [9.17, 15) is 0 Å². The SMILES string of the molecule is COCOc1ccc(C)nc1I. The lowest BCUT2D eigenvalue weighted by Crippen LogP contribution is -2.01. The van der Waals surface area contributed by atoms with Gasteiger partial charge in [-0.25, -0.2) is 4.98 Å². The van der Waals surface area contributed by atoms with Gasteiger partial charge in [-0.05, 0) is 41.6 Å². The second-order valence-corrected chi connectivity index (χ2v) is 3.31. The molecular weight excluding hydrogens is 269 g/mol. The number of ether oxygens (including phenoxy) is 2. The lowest BCUT2D eigenvalue weighted by Gasteiger charge is -2.05. The van der Waals surface area contributed by atoms with E-state index in [0.717, 1.165) is 15.1 Å². The van der Waals surface area contributed by atoms with E-state index in [1.165, 1.54) is 0 Å². The van der Waals surface area contributed by atoms with E-state index in [1.54, 1.807) is 7.11 Å². The van der Waals surface area contributed by atoms with E-state index in [-0.39, 0.29) is 6.79 Å². The number of halogens is 1. The first-order valence-corrected chi connectivity index (χ1v) is 4.57. The maximum Gasteiger partial charge on any atom is 0.188 e. The molecule has 0 bridgehead atoms. The molecule has 1 heterocycles. The summed E-state index contributed by atoms with van der Waals surface area (Å²) in [5.41, 5.74) is 0.990. The van der Waals surface area contributed by atoms with Crippen LogP contribution in [0.5, 0.6) is 5.75 Å². The molecule has 0 aromatic carbocycles. The summed E-state index contributed by atoms with van der Waals surface area (Å²) in [6.07, 6.45) is 0. The van der Waals surface area contributed by atoms with Crippen LogP contribution in [0.15, 0.2) is 12.1 Å². The summed E-state index contributed by atoms with van der Waals surface area (Å²) >= 11 is 2.13. The largest absolute Gasteiger partial charge is 0.465 e. The predicted molar refractivity (Wildman–Crippen MR) is 54.2 cm³/mol. The molecule has 1 aromatic heterocycles. The van der Waals surface area contributed by atoms with Crippen molar-refractivity contribution in [1.82, 2.24) is 4.98 Å². The predicted octanol–water partition coefficient (Wildman–Crippen LogP) is 1.98. The van der Waals surface area contributed by atoms with Crippen molar-refractivity contribution in [2.24, 2.45) is 0 Å². The van der Waals surface area contributed by atoms with Crippen molar-refractivity contribution in [2.45, 2.75) is 6.92 Å². The molecular formula is C8H10INO2. The monoisotopic (exact) mass is 279 g/mol. The smallest absolute Gasteiger partial charge is 0.188 e. The van der Waals surface area contributed by atoms with Crippen molar-refractivity contribution in [3.63, 3.8) is 0 Å². The number of nitrogens with zero attached hydrogens (tertiary/aromatic N) is 1. The van der Waals surface area contributed by atoms with Gasteiger partial charge in [0.15, 0.2) is 12.5 Å². The zero-order valence-corrected chi connectivity index (χ0v) is 9.16. The Balaban J connectivity index is 2.72. The average molecular weight is 279 g/mol. The highest BCUT2D eigenvalue weighted by molar-refractivity contribution is 14.1. The number of hydrogen-bond donors (Lipinski definition) is 0. The summed E-state index contributed by atoms with van der Waals surface area (Å²) in [5.74, 6) is 0.767. The molecule has 0 saturated carbocycles. The van der Waals surface area contributed by atoms with Crippen LogP contribution in [-0.4, -0.2) is 18.9 Å². The third-order valence-electron chi connectivity index (χ3n) is 1.29. The Morgan fingerprint density at radius 2 is 2.25 bits per heavy atom. The summed E-state index contributed by atoms with van der Waals surface area (Å²) in [6, 6.07) is 3.80. The zero-order valence-electron chi connectivity index (χ0n) is 7.00. The second kappa shape index (κ2) is 4.61. The first-order valence-electron chi connectivity index (χ1n) is 3.49. The van der Waals surface area contributed by atoms with Crippen molar-refractivity contribution in [1.29, 1.82) is 0 Å². The van der Waals surface area contributed by atoms with Gasteiger partial charge >= 0.3 is 0 Å². The minimum Gasteiger partial charge on any atom is -0.465 e. The molecule has 1 aromatic rings. The third kappa shape index (κ3) is 2.60. The van der Waals surface area contributed by atoms with Crippen molar-refractivity contribution in [3.05, 3.63) is 21.5 Å². The molecule has 0 atom stereocenters. The molecule has 0 aliphatic rings. The van der Waals surface area contributed by atoms with Gasteiger partial charge in [-0.3, -0.25) is 0 Å². The highest BCUT2D eigenvalue weighted by Gasteiger charge is 2.00. The highest BCUT2D eigenvalue weighted by atomic mass is 127. The Bertz CT molecular complexity index is 265. The standard InChI is InChI=1S/C8H10INO2/c1-6-3-4-7(8(9)10-6)12-5-11-2/h3-4H,5H2,1-2H3. The fraction of sp³-hybridized carbons (Fsp3) is 0.375. The Labute approximate surface area is 85.2 Å². The van der Waals surface area contributed by atoms with Crippen LogP contribution in [0.3, 0.4) is 0 Å². The van der Waals surface area contributed by atoms with E-state index in [1.807, 2.05) is 19.1 Å². The van der Waals surface area contributed by atoms with Crippen LogP contribution >= 0.6 is 22.6 Å². The fourth-order valence-electron chi connectivity index (χ4n) is 0.742. The van der Waals surface area contributed by atoms with Crippen LogP contribution in [0.1, 0.15) is 5.69 Å². The Morgan fingerprint density at radius 3 is 2.83 bits per heavy atom. The summed E-state index contributed by atoms with van der Waals surface area (Å²) in [6.45, 7) is 2.21. The van der Waals surface area contributed by atoms with Gasteiger partial charge in [0.25, 0.3) is 0 Å². The number of hydrogen-bond acceptors (Lipinski definition) is 3. The van der Waals surface area contributed by atoms with Gasteiger partial charge < -0.3 is 9.47 Å². The number of aryl methyl sites for hydroxylation is 1. The number of rotatable bonds is 3. The van der Waals surface area contributed by atoms with Gasteiger partial charge in [-0.1, -0.05) is 0 Å². The fourth-order valence-corrected chi connectivity index (χ4v) is 1.46. The summed E-state index contributed by atoms with van der Waals surface area (Å²) in [4.78, 5) is 4.23. The van der Waals surface area contributed by atoms with Crippen LogP contribution in [-0.2, 0) is 4.74 Å². The summed E-state index contributed by atoms with van der Waals surface area (Å²) < 4.78 is 10.9. The van der Waals surface area contributed by atoms with Gasteiger partial charge in [-0.2, -0.15) is 0 Å². The van der Waals surface area contributed by atoms with E-state index < -0.39 is 0 Å². The minimum atomic E-state index is 0.265. The molecule has 0 aliphatic carbocycles. The van der Waals surface area contributed by atoms with Crippen LogP contribution in [0.4, 0.5) is 0 Å². The average Bonchev–Trinajstić information content (AvgIpc) is 2.03. The van der Waals surface area contributed by atoms with Crippen molar-refractivity contribution < 1.29 is 9.47 Å². The van der Waals surface area contributed by atoms with Gasteiger partial charge in [0.05, 0.1) is 0 Å². The van der Waals surface area contributed by atoms with Crippen LogP contribution < -0.4 is 4.74 Å². The molecule has 0 radical (unpaired) electrons. The van der Waals surface area contributed by atoms with E-state index in [2.05, 4.69) is 27.6 Å². The van der Waals surface area contributed by atoms with E-state index in [4.69, 9.17) is 9.47 Å². The lowest BCUT2D eigenvalue weighted by molar-refractivity contribution is 0.0501. The maximum absolute atomic E-state index is 5.25. The van der Waals surface area contributed by atoms with E-state index in [0.29, 0.717) is 0 Å². The van der Waals surface area contributed by atoms with Crippen molar-refractivity contribution in [2.75, 3.05) is 13.9 Å². The van der Waals surface area contributed by atoms with Crippen LogP contribution in [0.2, 0.25) is 0 Å². The molecule has 0 saturated heterocycles. The quantitative estimate of drug-likeness (QED) is 0.481. The second-order valence-electron chi connectivity index (χ2n) is 2.29. The van der Waals surface area contributed by atoms with Gasteiger partial charge in [0.2, 0.25) is 0 Å². The molecule has 0 amide bonds. The number of aromatic nitrogens is 1. The third-order valence-corrected chi connectivity index (χ3v) is 2.06. The molecule has 12 heavy (non-hydrogen) atoms. The van der Waals surface area contributed by atoms with Crippen molar-refractivity contribution in [3.8, 4) is 5.75 Å². The Morgan fingerprint density at radius 1 is 1.50 bits per heavy atom. The number of pyridine rings is 1. The summed E-state index contributed by atoms with van der Waals surface area (Å²) in [7, 11) is 1.59. The van der Waals surface area contributed by atoms with Gasteiger partial charge in [-0.15, -0.1) is 0 Å². The molecule has 0 spiro atoms. The van der Waals surface area contributed by atoms with Crippen LogP contribution in [0, 0.1) is 10.6 Å². The maximum atomic E-state index is 5.25. The normalized spacial score (nSPS) is 9.92. The Hall–Kier alpha value is -0.360. The molecule has 4 heteroatoms. The number of methoxy groups -OCH3 is 1. The molecule has 0 unspecified atom stereocenters. The molecule has 0 aliphatic heterocycles. The van der Waals surface area contributed by atoms with Gasteiger partial charge in [0.1, 0.15) is 3.70 Å². The van der Waals surface area contributed by atoms with E-state index >= 15 is 0 Å². The molecule has 0 fully saturated rings. The van der Waals surface area contributed by atoms with Crippen molar-refractivity contribution >= 4 is 22.6 Å². The molecule has 0 N–H and O–H groups in total. The first-order chi connectivity index (χ1) is 5.74. The first kappa shape index (κ1) is 9.73. The van der Waals surface area contributed by atoms with Gasteiger partial charge in [0, 0.05) is 12.8 Å². The molecule has 66 valence electrons. The lowest BCUT2D eigenvalue weighted by atomic mass is 10.4. The highest BCUT2D eigenvalue weighted by Crippen LogP contribution is 2.18. The minimum absolute atomic E-state index is 0.265. The molecule has 3 nitrogen and oxygen atoms in total. The topological polar surface area (TPSA) is 31.4 Å². The summed E-state index contributed by atoms with van der Waals surface area (Å²) in [5, 5.41) is 0. The van der Waals surface area contributed by atoms with Crippen LogP contribution in [0.25, 0.3) is 0 Å². The molecule has 1 rings (SSSR count). The Kier molecular flexibility index (Phi) is 3.74.